The maximum atomic E-state index is 12.3. The molecule has 2 heterocycles. The number of hydrogen-bond acceptors (Lipinski definition) is 5. The Bertz CT molecular complexity index is 699. The summed E-state index contributed by atoms with van der Waals surface area (Å²) in [5.41, 5.74) is 0.127. The zero-order valence-corrected chi connectivity index (χ0v) is 18.1. The number of aliphatic hydroxyl groups excluding tert-OH is 1. The van der Waals surface area contributed by atoms with Gasteiger partial charge in [-0.2, -0.15) is 0 Å². The van der Waals surface area contributed by atoms with Crippen molar-refractivity contribution in [1.29, 1.82) is 0 Å². The van der Waals surface area contributed by atoms with Gasteiger partial charge in [0.15, 0.2) is 0 Å². The molecule has 2 aliphatic rings. The van der Waals surface area contributed by atoms with E-state index in [9.17, 15) is 14.7 Å². The van der Waals surface area contributed by atoms with Gasteiger partial charge in [-0.25, -0.2) is 4.79 Å². The quantitative estimate of drug-likeness (QED) is 0.529. The molecule has 1 saturated heterocycles. The van der Waals surface area contributed by atoms with E-state index in [-0.39, 0.29) is 23.5 Å². The Morgan fingerprint density at radius 1 is 1.41 bits per heavy atom. The number of amides is 1. The fourth-order valence-corrected chi connectivity index (χ4v) is 5.56. The van der Waals surface area contributed by atoms with Crippen molar-refractivity contribution in [1.82, 2.24) is 4.90 Å². The molecule has 0 aromatic carbocycles. The fourth-order valence-electron chi connectivity index (χ4n) is 4.78. The average molecular weight is 424 g/mol. The third-order valence-electron chi connectivity index (χ3n) is 6.56. The summed E-state index contributed by atoms with van der Waals surface area (Å²) in [4.78, 5) is 26.3. The van der Waals surface area contributed by atoms with Gasteiger partial charge < -0.3 is 19.8 Å². The number of carboxylic acid groups (broad SMARTS) is 1. The molecule has 2 N–H and O–H groups in total. The van der Waals surface area contributed by atoms with Crippen LogP contribution in [0.1, 0.15) is 79.3 Å². The number of likely N-dealkylation sites (tertiary alicyclic amines) is 1. The first-order valence-corrected chi connectivity index (χ1v) is 11.6. The van der Waals surface area contributed by atoms with E-state index in [2.05, 4.69) is 6.92 Å². The van der Waals surface area contributed by atoms with Crippen LogP contribution in [0.5, 0.6) is 0 Å². The summed E-state index contributed by atoms with van der Waals surface area (Å²) >= 11 is 1.22. The molecule has 1 aromatic rings. The van der Waals surface area contributed by atoms with Crippen molar-refractivity contribution in [2.24, 2.45) is 5.41 Å². The van der Waals surface area contributed by atoms with Crippen LogP contribution in [0.15, 0.2) is 12.1 Å². The van der Waals surface area contributed by atoms with Crippen LogP contribution in [0.25, 0.3) is 0 Å². The third kappa shape index (κ3) is 5.38. The molecule has 3 rings (SSSR count). The SMILES string of the molecule is CCCC1(C(O)CCCN2C(=O)CCC2COCc2ccc(C(=O)O)s2)CCC1. The highest BCUT2D eigenvalue weighted by Gasteiger charge is 2.42. The van der Waals surface area contributed by atoms with Gasteiger partial charge in [-0.3, -0.25) is 4.79 Å². The summed E-state index contributed by atoms with van der Waals surface area (Å²) in [6.07, 6.45) is 8.36. The molecule has 1 amide bonds. The smallest absolute Gasteiger partial charge is 0.345 e. The van der Waals surface area contributed by atoms with Crippen LogP contribution >= 0.6 is 11.3 Å². The van der Waals surface area contributed by atoms with Crippen molar-refractivity contribution in [2.75, 3.05) is 13.2 Å². The zero-order chi connectivity index (χ0) is 20.9. The number of carbonyl (C=O) groups excluding carboxylic acids is 1. The Hall–Kier alpha value is -1.44. The van der Waals surface area contributed by atoms with Crippen molar-refractivity contribution in [2.45, 2.75) is 83.5 Å². The van der Waals surface area contributed by atoms with E-state index < -0.39 is 5.97 Å². The molecular weight excluding hydrogens is 390 g/mol. The predicted molar refractivity (Wildman–Crippen MR) is 112 cm³/mol. The highest BCUT2D eigenvalue weighted by atomic mass is 32.1. The Labute approximate surface area is 176 Å². The van der Waals surface area contributed by atoms with E-state index in [4.69, 9.17) is 9.84 Å². The minimum atomic E-state index is -0.918. The molecule has 7 heteroatoms. The first-order valence-electron chi connectivity index (χ1n) is 10.8. The van der Waals surface area contributed by atoms with E-state index in [1.54, 1.807) is 12.1 Å². The van der Waals surface area contributed by atoms with Crippen molar-refractivity contribution >= 4 is 23.2 Å². The zero-order valence-electron chi connectivity index (χ0n) is 17.3. The second-order valence-electron chi connectivity index (χ2n) is 8.49. The van der Waals surface area contributed by atoms with Crippen LogP contribution < -0.4 is 0 Å². The molecule has 2 fully saturated rings. The molecule has 6 nitrogen and oxygen atoms in total. The van der Waals surface area contributed by atoms with Crippen LogP contribution in [0, 0.1) is 5.41 Å². The van der Waals surface area contributed by atoms with Gasteiger partial charge in [-0.15, -0.1) is 11.3 Å². The van der Waals surface area contributed by atoms with Gasteiger partial charge in [0, 0.05) is 17.8 Å². The minimum absolute atomic E-state index is 0.0758. The van der Waals surface area contributed by atoms with Gasteiger partial charge in [0.2, 0.25) is 5.91 Å². The number of thiophene rings is 1. The summed E-state index contributed by atoms with van der Waals surface area (Å²) in [7, 11) is 0. The number of hydrogen-bond donors (Lipinski definition) is 2. The highest BCUT2D eigenvalue weighted by Crippen LogP contribution is 2.48. The van der Waals surface area contributed by atoms with Crippen molar-refractivity contribution < 1.29 is 24.5 Å². The maximum absolute atomic E-state index is 12.3. The molecule has 0 radical (unpaired) electrons. The number of carbonyl (C=O) groups is 2. The molecule has 162 valence electrons. The number of aliphatic hydroxyl groups is 1. The van der Waals surface area contributed by atoms with Crippen LogP contribution in [0.3, 0.4) is 0 Å². The Morgan fingerprint density at radius 2 is 2.21 bits per heavy atom. The number of rotatable bonds is 12. The van der Waals surface area contributed by atoms with Crippen LogP contribution in [-0.4, -0.2) is 52.3 Å². The van der Waals surface area contributed by atoms with Gasteiger partial charge in [-0.1, -0.05) is 19.8 Å². The molecule has 1 aliphatic heterocycles. The van der Waals surface area contributed by atoms with Crippen LogP contribution in [0.4, 0.5) is 0 Å². The topological polar surface area (TPSA) is 87.1 Å². The Morgan fingerprint density at radius 3 is 2.83 bits per heavy atom. The standard InChI is InChI=1S/C22H33NO5S/c1-2-10-22(11-4-12-22)19(24)5-3-13-23-16(6-9-20(23)25)14-28-15-17-7-8-18(29-17)21(26)27/h7-8,16,19,24H,2-6,9-15H2,1H3,(H,26,27). The van der Waals surface area contributed by atoms with Gasteiger partial charge in [0.05, 0.1) is 25.4 Å². The molecule has 1 aromatic heterocycles. The molecular formula is C22H33NO5S. The first-order chi connectivity index (χ1) is 13.9. The van der Waals surface area contributed by atoms with Crippen molar-refractivity contribution in [3.8, 4) is 0 Å². The van der Waals surface area contributed by atoms with Gasteiger partial charge in [-0.05, 0) is 56.1 Å². The lowest BCUT2D eigenvalue weighted by Crippen LogP contribution is -2.42. The molecule has 29 heavy (non-hydrogen) atoms. The van der Waals surface area contributed by atoms with Gasteiger partial charge in [0.25, 0.3) is 0 Å². The number of ether oxygens (including phenoxy) is 1. The first kappa shape index (κ1) is 22.2. The van der Waals surface area contributed by atoms with E-state index in [1.165, 1.54) is 17.8 Å². The van der Waals surface area contributed by atoms with Crippen LogP contribution in [0.2, 0.25) is 0 Å². The molecule has 1 aliphatic carbocycles. The summed E-state index contributed by atoms with van der Waals surface area (Å²) in [6.45, 7) is 3.69. The van der Waals surface area contributed by atoms with E-state index >= 15 is 0 Å². The monoisotopic (exact) mass is 423 g/mol. The highest BCUT2D eigenvalue weighted by molar-refractivity contribution is 7.13. The summed E-state index contributed by atoms with van der Waals surface area (Å²) < 4.78 is 5.79. The van der Waals surface area contributed by atoms with Crippen molar-refractivity contribution in [3.05, 3.63) is 21.9 Å². The van der Waals surface area contributed by atoms with E-state index in [1.807, 2.05) is 4.90 Å². The van der Waals surface area contributed by atoms with Gasteiger partial charge >= 0.3 is 5.97 Å². The summed E-state index contributed by atoms with van der Waals surface area (Å²) in [6, 6.07) is 3.45. The summed E-state index contributed by atoms with van der Waals surface area (Å²) in [5.74, 6) is -0.747. The predicted octanol–water partition coefficient (Wildman–Crippen LogP) is 4.07. The molecule has 1 saturated carbocycles. The molecule has 2 atom stereocenters. The Kier molecular flexibility index (Phi) is 7.71. The lowest BCUT2D eigenvalue weighted by atomic mass is 9.62. The lowest BCUT2D eigenvalue weighted by Gasteiger charge is -2.46. The third-order valence-corrected chi connectivity index (χ3v) is 7.61. The minimum Gasteiger partial charge on any atom is -0.477 e. The van der Waals surface area contributed by atoms with Crippen molar-refractivity contribution in [3.63, 3.8) is 0 Å². The number of aromatic carboxylic acids is 1. The number of carboxylic acids is 1. The molecule has 0 bridgehead atoms. The maximum Gasteiger partial charge on any atom is 0.345 e. The van der Waals surface area contributed by atoms with E-state index in [0.717, 1.165) is 49.8 Å². The summed E-state index contributed by atoms with van der Waals surface area (Å²) in [5, 5.41) is 19.7. The average Bonchev–Trinajstić information content (AvgIpc) is 3.26. The molecule has 0 spiro atoms. The lowest BCUT2D eigenvalue weighted by molar-refractivity contribution is -0.130. The Balaban J connectivity index is 1.42. The normalized spacial score (nSPS) is 21.9. The second-order valence-corrected chi connectivity index (χ2v) is 9.66. The number of nitrogens with zero attached hydrogens (tertiary/aromatic N) is 1. The second kappa shape index (κ2) is 10.0. The van der Waals surface area contributed by atoms with Gasteiger partial charge in [0.1, 0.15) is 4.88 Å². The largest absolute Gasteiger partial charge is 0.477 e. The van der Waals surface area contributed by atoms with E-state index in [0.29, 0.717) is 31.1 Å². The van der Waals surface area contributed by atoms with Crippen LogP contribution in [-0.2, 0) is 16.1 Å². The molecule has 2 unspecified atom stereocenters. The fraction of sp³-hybridized carbons (Fsp3) is 0.727.